The number of hydrogen-bond donors (Lipinski definition) is 0. The average Bonchev–Trinajstić information content (AvgIpc) is 3.33. The number of halogens is 1. The fourth-order valence-corrected chi connectivity index (χ4v) is 5.43. The monoisotopic (exact) mass is 482 g/mol. The van der Waals surface area contributed by atoms with E-state index in [4.69, 9.17) is 4.74 Å². The first-order valence-electron chi connectivity index (χ1n) is 11.3. The third-order valence-corrected chi connectivity index (χ3v) is 7.65. The van der Waals surface area contributed by atoms with Gasteiger partial charge in [-0.2, -0.15) is 8.42 Å². The van der Waals surface area contributed by atoms with Crippen molar-refractivity contribution in [2.75, 3.05) is 10.8 Å². The molecule has 0 spiro atoms. The van der Waals surface area contributed by atoms with Gasteiger partial charge < -0.3 is 4.74 Å². The van der Waals surface area contributed by atoms with Gasteiger partial charge in [0.15, 0.2) is 5.03 Å². The Morgan fingerprint density at radius 1 is 1.12 bits per heavy atom. The van der Waals surface area contributed by atoms with Gasteiger partial charge >= 0.3 is 0 Å². The van der Waals surface area contributed by atoms with E-state index in [9.17, 15) is 17.6 Å². The van der Waals surface area contributed by atoms with Crippen molar-refractivity contribution >= 4 is 22.0 Å². The number of alkyl halides is 1. The van der Waals surface area contributed by atoms with Crippen molar-refractivity contribution in [1.82, 2.24) is 4.98 Å². The Hall–Kier alpha value is -3.26. The maximum atomic E-state index is 14.6. The fourth-order valence-electron chi connectivity index (χ4n) is 4.00. The second-order valence-corrected chi connectivity index (χ2v) is 10.1. The van der Waals surface area contributed by atoms with Crippen LogP contribution in [0.4, 0.5) is 10.1 Å². The Balaban J connectivity index is 1.75. The third-order valence-electron chi connectivity index (χ3n) is 5.95. The molecule has 4 rings (SSSR count). The number of anilines is 1. The van der Waals surface area contributed by atoms with Crippen molar-refractivity contribution < 1.29 is 22.3 Å². The molecule has 3 aromatic rings. The lowest BCUT2D eigenvalue weighted by atomic mass is 10.1. The molecule has 0 fully saturated rings. The van der Waals surface area contributed by atoms with E-state index in [1.54, 1.807) is 43.3 Å². The minimum Gasteiger partial charge on any atom is -0.487 e. The van der Waals surface area contributed by atoms with E-state index in [1.165, 1.54) is 12.3 Å². The molecule has 1 aliphatic rings. The van der Waals surface area contributed by atoms with Crippen LogP contribution in [0.3, 0.4) is 0 Å². The van der Waals surface area contributed by atoms with Crippen molar-refractivity contribution in [2.45, 2.75) is 50.4 Å². The van der Waals surface area contributed by atoms with Crippen LogP contribution in [0.1, 0.15) is 46.8 Å². The minimum absolute atomic E-state index is 0.144. The molecule has 0 N–H and O–H groups in total. The molecule has 1 aromatic heterocycles. The third kappa shape index (κ3) is 5.12. The Morgan fingerprint density at radius 3 is 2.50 bits per heavy atom. The van der Waals surface area contributed by atoms with E-state index in [0.29, 0.717) is 17.0 Å². The number of ether oxygens (including phenoxy) is 1. The highest BCUT2D eigenvalue weighted by Gasteiger charge is 2.32. The Morgan fingerprint density at radius 2 is 1.85 bits per heavy atom. The van der Waals surface area contributed by atoms with Gasteiger partial charge in [-0.15, -0.1) is 0 Å². The molecule has 8 heteroatoms. The molecule has 0 saturated heterocycles. The molecule has 34 heavy (non-hydrogen) atoms. The quantitative estimate of drug-likeness (QED) is 0.384. The summed E-state index contributed by atoms with van der Waals surface area (Å²) in [6.45, 7) is 1.52. The molecule has 6 nitrogen and oxygen atoms in total. The predicted octanol–water partition coefficient (Wildman–Crippen LogP) is 4.91. The second-order valence-electron chi connectivity index (χ2n) is 8.30. The zero-order chi connectivity index (χ0) is 24.1. The Kier molecular flexibility index (Phi) is 7.26. The molecule has 0 radical (unpaired) electrons. The van der Waals surface area contributed by atoms with Crippen LogP contribution in [0.25, 0.3) is 0 Å². The molecule has 0 unspecified atom stereocenters. The first kappa shape index (κ1) is 23.9. The van der Waals surface area contributed by atoms with E-state index >= 15 is 0 Å². The zero-order valence-electron chi connectivity index (χ0n) is 19.0. The van der Waals surface area contributed by atoms with Crippen molar-refractivity contribution in [1.29, 1.82) is 0 Å². The number of aromatic nitrogens is 1. The predicted molar refractivity (Wildman–Crippen MR) is 129 cm³/mol. The summed E-state index contributed by atoms with van der Waals surface area (Å²) in [7, 11) is -4.13. The molecule has 0 saturated carbocycles. The average molecular weight is 483 g/mol. The van der Waals surface area contributed by atoms with Gasteiger partial charge in [0.05, 0.1) is 12.2 Å². The number of rotatable bonds is 10. The molecule has 1 heterocycles. The topological polar surface area (TPSA) is 76.6 Å². The molecular weight excluding hydrogens is 455 g/mol. The second kappa shape index (κ2) is 10.3. The lowest BCUT2D eigenvalue weighted by Crippen LogP contribution is -2.37. The molecule has 0 bridgehead atoms. The number of aldehydes is 1. The van der Waals surface area contributed by atoms with Gasteiger partial charge in [-0.1, -0.05) is 37.3 Å². The minimum atomic E-state index is -4.13. The summed E-state index contributed by atoms with van der Waals surface area (Å²) < 4.78 is 49.0. The standard InChI is InChI=1S/C26H27FN2O4S/c1-2-23(27)16-29(34(31,32)26-8-3-4-13-28-26)24-14-21-6-5-7-22(21)15-25(24)33-18-20-11-9-19(17-30)10-12-20/h3-4,8-15,17,23H,2,5-7,16,18H2,1H3/t23-/m0/s1. The summed E-state index contributed by atoms with van der Waals surface area (Å²) in [5.41, 5.74) is 3.85. The van der Waals surface area contributed by atoms with Crippen LogP contribution in [0.5, 0.6) is 5.75 Å². The molecule has 0 amide bonds. The van der Waals surface area contributed by atoms with Crippen molar-refractivity contribution in [3.8, 4) is 5.75 Å². The van der Waals surface area contributed by atoms with Gasteiger partial charge in [-0.05, 0) is 66.6 Å². The number of fused-ring (bicyclic) bond motifs is 1. The lowest BCUT2D eigenvalue weighted by molar-refractivity contribution is 0.112. The summed E-state index contributed by atoms with van der Waals surface area (Å²) in [6.07, 6.45) is 3.69. The zero-order valence-corrected chi connectivity index (χ0v) is 19.8. The van der Waals surface area contributed by atoms with Crippen LogP contribution >= 0.6 is 0 Å². The largest absolute Gasteiger partial charge is 0.487 e. The van der Waals surface area contributed by atoms with Gasteiger partial charge in [-0.25, -0.2) is 9.37 Å². The molecule has 1 aliphatic carbocycles. The van der Waals surface area contributed by atoms with Crippen molar-refractivity contribution in [2.24, 2.45) is 0 Å². The number of sulfonamides is 1. The van der Waals surface area contributed by atoms with Gasteiger partial charge in [0.25, 0.3) is 10.0 Å². The molecular formula is C26H27FN2O4S. The number of benzene rings is 2. The van der Waals surface area contributed by atoms with Crippen LogP contribution < -0.4 is 9.04 Å². The summed E-state index contributed by atoms with van der Waals surface area (Å²) >= 11 is 0. The highest BCUT2D eigenvalue weighted by atomic mass is 32.2. The van der Waals surface area contributed by atoms with E-state index in [2.05, 4.69) is 4.98 Å². The SMILES string of the molecule is CC[C@H](F)CN(c1cc2c(cc1OCc1ccc(C=O)cc1)CCC2)S(=O)(=O)c1ccccn1. The summed E-state index contributed by atoms with van der Waals surface area (Å²) in [5, 5.41) is -0.144. The molecule has 1 atom stereocenters. The van der Waals surface area contributed by atoms with Gasteiger partial charge in [0, 0.05) is 11.8 Å². The number of hydrogen-bond acceptors (Lipinski definition) is 5. The number of nitrogens with zero attached hydrogens (tertiary/aromatic N) is 2. The maximum absolute atomic E-state index is 14.6. The van der Waals surface area contributed by atoms with Crippen LogP contribution in [0.15, 0.2) is 65.8 Å². The Bertz CT molecular complexity index is 1250. The van der Waals surface area contributed by atoms with Gasteiger partial charge in [0.1, 0.15) is 24.8 Å². The number of pyridine rings is 1. The summed E-state index contributed by atoms with van der Waals surface area (Å²) in [5.74, 6) is 0.378. The Labute approximate surface area is 199 Å². The van der Waals surface area contributed by atoms with Crippen LogP contribution in [0.2, 0.25) is 0 Å². The van der Waals surface area contributed by atoms with E-state index in [0.717, 1.165) is 46.5 Å². The van der Waals surface area contributed by atoms with Crippen molar-refractivity contribution in [3.05, 3.63) is 83.0 Å². The van der Waals surface area contributed by atoms with Crippen LogP contribution in [-0.2, 0) is 29.5 Å². The summed E-state index contributed by atoms with van der Waals surface area (Å²) in [4.78, 5) is 14.9. The van der Waals surface area contributed by atoms with Crippen LogP contribution in [-0.4, -0.2) is 32.4 Å². The lowest BCUT2D eigenvalue weighted by Gasteiger charge is -2.28. The normalized spacial score (nSPS) is 13.8. The molecule has 178 valence electrons. The highest BCUT2D eigenvalue weighted by molar-refractivity contribution is 7.92. The van der Waals surface area contributed by atoms with Gasteiger partial charge in [0.2, 0.25) is 0 Å². The van der Waals surface area contributed by atoms with Gasteiger partial charge in [-0.3, -0.25) is 9.10 Å². The number of aryl methyl sites for hydroxylation is 2. The van der Waals surface area contributed by atoms with E-state index in [-0.39, 0.29) is 24.6 Å². The van der Waals surface area contributed by atoms with E-state index < -0.39 is 16.2 Å². The number of carbonyl (C=O) groups excluding carboxylic acids is 1. The van der Waals surface area contributed by atoms with E-state index in [1.807, 2.05) is 12.1 Å². The highest BCUT2D eigenvalue weighted by Crippen LogP contribution is 2.38. The first-order valence-corrected chi connectivity index (χ1v) is 12.8. The summed E-state index contributed by atoms with van der Waals surface area (Å²) in [6, 6.07) is 15.3. The first-order chi connectivity index (χ1) is 16.4. The molecule has 0 aliphatic heterocycles. The smallest absolute Gasteiger partial charge is 0.282 e. The number of carbonyl (C=O) groups is 1. The fraction of sp³-hybridized carbons (Fsp3) is 0.308. The maximum Gasteiger partial charge on any atom is 0.282 e. The van der Waals surface area contributed by atoms with Crippen LogP contribution in [0, 0.1) is 0 Å². The van der Waals surface area contributed by atoms with Crippen molar-refractivity contribution in [3.63, 3.8) is 0 Å². The molecule has 2 aromatic carbocycles.